The van der Waals surface area contributed by atoms with E-state index in [1.165, 1.54) is 17.0 Å². The van der Waals surface area contributed by atoms with Crippen molar-refractivity contribution in [2.24, 2.45) is 0 Å². The number of aromatic amines is 1. The van der Waals surface area contributed by atoms with E-state index in [2.05, 4.69) is 32.0 Å². The third-order valence-electron chi connectivity index (χ3n) is 4.71. The summed E-state index contributed by atoms with van der Waals surface area (Å²) in [5.41, 5.74) is 3.87. The first-order valence-electron chi connectivity index (χ1n) is 8.48. The van der Waals surface area contributed by atoms with Crippen LogP contribution < -0.4 is 0 Å². The van der Waals surface area contributed by atoms with Crippen LogP contribution in [0, 0.1) is 12.7 Å². The molecule has 1 atom stereocenters. The second-order valence-corrected chi connectivity index (χ2v) is 7.43. The lowest BCUT2D eigenvalue weighted by Gasteiger charge is -2.31. The van der Waals surface area contributed by atoms with E-state index in [4.69, 9.17) is 0 Å². The predicted octanol–water partition coefficient (Wildman–Crippen LogP) is 3.76. The maximum Gasteiger partial charge on any atom is 0.181 e. The van der Waals surface area contributed by atoms with E-state index < -0.39 is 0 Å². The molecule has 0 spiro atoms. The number of thiazole rings is 1. The van der Waals surface area contributed by atoms with Gasteiger partial charge in [0.1, 0.15) is 11.6 Å². The third kappa shape index (κ3) is 3.62. The highest BCUT2D eigenvalue weighted by Gasteiger charge is 2.25. The summed E-state index contributed by atoms with van der Waals surface area (Å²) in [5, 5.41) is 7.41. The molecule has 25 heavy (non-hydrogen) atoms. The third-order valence-corrected chi connectivity index (χ3v) is 5.63. The van der Waals surface area contributed by atoms with Gasteiger partial charge in [0, 0.05) is 29.4 Å². The van der Waals surface area contributed by atoms with Crippen LogP contribution >= 0.6 is 11.3 Å². The lowest BCUT2D eigenvalue weighted by Crippen LogP contribution is -2.34. The number of H-pyrrole nitrogens is 1. The summed E-state index contributed by atoms with van der Waals surface area (Å²) in [5.74, 6) is 1.65. The van der Waals surface area contributed by atoms with Gasteiger partial charge in [-0.05, 0) is 50.6 Å². The Morgan fingerprint density at radius 1 is 1.32 bits per heavy atom. The molecule has 5 nitrogen and oxygen atoms in total. The SMILES string of the molecule is Cc1ncsc1CN1CCCC(c2nc(-c3ccc(F)cc3)n[nH]2)C1. The molecule has 1 unspecified atom stereocenters. The van der Waals surface area contributed by atoms with Gasteiger partial charge in [-0.25, -0.2) is 14.4 Å². The summed E-state index contributed by atoms with van der Waals surface area (Å²) in [4.78, 5) is 12.8. The molecule has 1 fully saturated rings. The molecule has 0 amide bonds. The van der Waals surface area contributed by atoms with Crippen LogP contribution in [0.4, 0.5) is 4.39 Å². The Balaban J connectivity index is 1.46. The second kappa shape index (κ2) is 7.01. The molecule has 1 aliphatic rings. The minimum atomic E-state index is -0.249. The average molecular weight is 357 g/mol. The minimum Gasteiger partial charge on any atom is -0.297 e. The topological polar surface area (TPSA) is 57.7 Å². The van der Waals surface area contributed by atoms with Crippen molar-refractivity contribution in [3.05, 3.63) is 52.0 Å². The standard InChI is InChI=1S/C18H20FN5S/c1-12-16(25-11-20-12)10-24-8-2-3-14(9-24)18-21-17(22-23-18)13-4-6-15(19)7-5-13/h4-7,11,14H,2-3,8-10H2,1H3,(H,21,22,23). The van der Waals surface area contributed by atoms with Crippen molar-refractivity contribution in [1.29, 1.82) is 0 Å². The molecule has 7 heteroatoms. The van der Waals surface area contributed by atoms with Gasteiger partial charge in [-0.15, -0.1) is 11.3 Å². The summed E-state index contributed by atoms with van der Waals surface area (Å²) in [6.45, 7) is 5.09. The summed E-state index contributed by atoms with van der Waals surface area (Å²) in [6, 6.07) is 6.29. The summed E-state index contributed by atoms with van der Waals surface area (Å²) < 4.78 is 13.1. The lowest BCUT2D eigenvalue weighted by molar-refractivity contribution is 0.198. The number of piperidine rings is 1. The molecule has 3 heterocycles. The molecule has 0 aliphatic carbocycles. The van der Waals surface area contributed by atoms with Crippen molar-refractivity contribution >= 4 is 11.3 Å². The fraction of sp³-hybridized carbons (Fsp3) is 0.389. The Hall–Kier alpha value is -2.12. The highest BCUT2D eigenvalue weighted by molar-refractivity contribution is 7.09. The number of hydrogen-bond acceptors (Lipinski definition) is 5. The number of nitrogens with zero attached hydrogens (tertiary/aromatic N) is 4. The van der Waals surface area contributed by atoms with Crippen LogP contribution in [0.3, 0.4) is 0 Å². The van der Waals surface area contributed by atoms with Crippen molar-refractivity contribution in [2.45, 2.75) is 32.2 Å². The van der Waals surface area contributed by atoms with Gasteiger partial charge in [-0.3, -0.25) is 10.00 Å². The van der Waals surface area contributed by atoms with Crippen LogP contribution in [0.1, 0.15) is 35.2 Å². The summed E-state index contributed by atoms with van der Waals surface area (Å²) in [6.07, 6.45) is 2.26. The van der Waals surface area contributed by atoms with Gasteiger partial charge in [-0.1, -0.05) is 0 Å². The first-order chi connectivity index (χ1) is 12.2. The van der Waals surface area contributed by atoms with Gasteiger partial charge in [0.25, 0.3) is 0 Å². The van der Waals surface area contributed by atoms with E-state index >= 15 is 0 Å². The lowest BCUT2D eigenvalue weighted by atomic mass is 9.97. The van der Waals surface area contributed by atoms with Crippen LogP contribution in [0.15, 0.2) is 29.8 Å². The minimum absolute atomic E-state index is 0.249. The molecule has 2 aromatic heterocycles. The fourth-order valence-corrected chi connectivity index (χ4v) is 4.11. The average Bonchev–Trinajstić information content (AvgIpc) is 3.26. The Morgan fingerprint density at radius 3 is 2.92 bits per heavy atom. The van der Waals surface area contributed by atoms with Gasteiger partial charge in [0.2, 0.25) is 0 Å². The van der Waals surface area contributed by atoms with Crippen LogP contribution in [0.5, 0.6) is 0 Å². The molecule has 0 bridgehead atoms. The maximum absolute atomic E-state index is 13.1. The predicted molar refractivity (Wildman–Crippen MR) is 95.9 cm³/mol. The molecule has 1 aromatic carbocycles. The van der Waals surface area contributed by atoms with E-state index in [0.717, 1.165) is 49.6 Å². The van der Waals surface area contributed by atoms with Gasteiger partial charge in [0.15, 0.2) is 5.82 Å². The fourth-order valence-electron chi connectivity index (χ4n) is 3.29. The Morgan fingerprint density at radius 2 is 2.16 bits per heavy atom. The number of benzene rings is 1. The quantitative estimate of drug-likeness (QED) is 0.772. The number of hydrogen-bond donors (Lipinski definition) is 1. The number of aryl methyl sites for hydroxylation is 1. The first-order valence-corrected chi connectivity index (χ1v) is 9.36. The van der Waals surface area contributed by atoms with E-state index in [1.807, 2.05) is 5.51 Å². The zero-order chi connectivity index (χ0) is 17.2. The van der Waals surface area contributed by atoms with Crippen LogP contribution in [-0.4, -0.2) is 38.2 Å². The molecular formula is C18H20FN5S. The number of aromatic nitrogens is 4. The van der Waals surface area contributed by atoms with Crippen molar-refractivity contribution < 1.29 is 4.39 Å². The zero-order valence-corrected chi connectivity index (χ0v) is 14.9. The number of likely N-dealkylation sites (tertiary alicyclic amines) is 1. The van der Waals surface area contributed by atoms with Crippen LogP contribution in [0.25, 0.3) is 11.4 Å². The first kappa shape index (κ1) is 16.4. The van der Waals surface area contributed by atoms with Gasteiger partial charge in [0.05, 0.1) is 11.2 Å². The normalized spacial score (nSPS) is 18.6. The molecule has 130 valence electrons. The molecule has 3 aromatic rings. The molecular weight excluding hydrogens is 337 g/mol. The van der Waals surface area contributed by atoms with E-state index in [9.17, 15) is 4.39 Å². The number of halogens is 1. The Bertz CT molecular complexity index is 841. The molecule has 4 rings (SSSR count). The van der Waals surface area contributed by atoms with Crippen LogP contribution in [0.2, 0.25) is 0 Å². The maximum atomic E-state index is 13.1. The molecule has 0 saturated carbocycles. The summed E-state index contributed by atoms with van der Waals surface area (Å²) >= 11 is 1.72. The highest BCUT2D eigenvalue weighted by atomic mass is 32.1. The van der Waals surface area contributed by atoms with Crippen molar-refractivity contribution in [2.75, 3.05) is 13.1 Å². The smallest absolute Gasteiger partial charge is 0.181 e. The van der Waals surface area contributed by atoms with E-state index in [-0.39, 0.29) is 5.82 Å². The summed E-state index contributed by atoms with van der Waals surface area (Å²) in [7, 11) is 0. The number of nitrogens with one attached hydrogen (secondary N) is 1. The monoisotopic (exact) mass is 357 g/mol. The highest BCUT2D eigenvalue weighted by Crippen LogP contribution is 2.28. The van der Waals surface area contributed by atoms with Crippen molar-refractivity contribution in [1.82, 2.24) is 25.1 Å². The van der Waals surface area contributed by atoms with Gasteiger partial charge >= 0.3 is 0 Å². The van der Waals surface area contributed by atoms with E-state index in [1.54, 1.807) is 23.5 Å². The van der Waals surface area contributed by atoms with Crippen LogP contribution in [-0.2, 0) is 6.54 Å². The van der Waals surface area contributed by atoms with Gasteiger partial charge in [-0.2, -0.15) is 5.10 Å². The number of rotatable bonds is 4. The Kier molecular flexibility index (Phi) is 4.59. The Labute approximate surface area is 149 Å². The second-order valence-electron chi connectivity index (χ2n) is 6.49. The van der Waals surface area contributed by atoms with Gasteiger partial charge < -0.3 is 0 Å². The molecule has 1 saturated heterocycles. The molecule has 1 aliphatic heterocycles. The molecule has 1 N–H and O–H groups in total. The van der Waals surface area contributed by atoms with Crippen molar-refractivity contribution in [3.63, 3.8) is 0 Å². The molecule has 0 radical (unpaired) electrons. The largest absolute Gasteiger partial charge is 0.297 e. The van der Waals surface area contributed by atoms with E-state index in [0.29, 0.717) is 11.7 Å². The zero-order valence-electron chi connectivity index (χ0n) is 14.1. The van der Waals surface area contributed by atoms with Crippen molar-refractivity contribution in [3.8, 4) is 11.4 Å².